The molecular formula is C9H12FNO. The summed E-state index contributed by atoms with van der Waals surface area (Å²) in [4.78, 5) is 0. The molecule has 1 rings (SSSR count). The van der Waals surface area contributed by atoms with Gasteiger partial charge in [0.25, 0.3) is 0 Å². The fourth-order valence-electron chi connectivity index (χ4n) is 0.901. The van der Waals surface area contributed by atoms with Crippen molar-refractivity contribution >= 4 is 5.69 Å². The summed E-state index contributed by atoms with van der Waals surface area (Å²) in [5.74, 6) is 0.537. The second-order valence-electron chi connectivity index (χ2n) is 2.76. The smallest absolute Gasteiger partial charge is 0.145 e. The predicted octanol–water partition coefficient (Wildman–Crippen LogP) is 2.77. The minimum atomic E-state index is 0.0551. The first-order valence-corrected chi connectivity index (χ1v) is 3.86. The van der Waals surface area contributed by atoms with Gasteiger partial charge in [0, 0.05) is 0 Å². The lowest BCUT2D eigenvalue weighted by atomic mass is 10.3. The third-order valence-electron chi connectivity index (χ3n) is 1.35. The summed E-state index contributed by atoms with van der Waals surface area (Å²) in [5.41, 5.74) is 1.94. The fourth-order valence-corrected chi connectivity index (χ4v) is 0.901. The third-order valence-corrected chi connectivity index (χ3v) is 1.35. The number of anilines is 1. The van der Waals surface area contributed by atoms with Crippen LogP contribution in [0.3, 0.4) is 0 Å². The Hall–Kier alpha value is -1.25. The van der Waals surface area contributed by atoms with Gasteiger partial charge in [-0.15, -0.1) is 4.48 Å². The Balaban J connectivity index is 2.82. The van der Waals surface area contributed by atoms with E-state index >= 15 is 0 Å². The lowest BCUT2D eigenvalue weighted by Gasteiger charge is -2.11. The molecule has 0 aliphatic rings. The predicted molar refractivity (Wildman–Crippen MR) is 46.9 cm³/mol. The molecular weight excluding hydrogens is 157 g/mol. The van der Waals surface area contributed by atoms with Crippen LogP contribution in [-0.4, -0.2) is 6.10 Å². The Kier molecular flexibility index (Phi) is 2.91. The molecule has 0 amide bonds. The van der Waals surface area contributed by atoms with Crippen molar-refractivity contribution in [3.05, 3.63) is 24.3 Å². The quantitative estimate of drug-likeness (QED) is 0.702. The Labute approximate surface area is 71.3 Å². The summed E-state index contributed by atoms with van der Waals surface area (Å²) >= 11 is 0. The second-order valence-corrected chi connectivity index (χ2v) is 2.76. The summed E-state index contributed by atoms with van der Waals surface area (Å²) in [6.07, 6.45) is 0.0551. The van der Waals surface area contributed by atoms with Crippen LogP contribution < -0.4 is 10.3 Å². The monoisotopic (exact) mass is 169 g/mol. The third kappa shape index (κ3) is 2.12. The molecule has 0 unspecified atom stereocenters. The summed E-state index contributed by atoms with van der Waals surface area (Å²) in [6, 6.07) is 6.90. The van der Waals surface area contributed by atoms with Gasteiger partial charge < -0.3 is 4.74 Å². The van der Waals surface area contributed by atoms with Gasteiger partial charge in [-0.2, -0.15) is 0 Å². The zero-order valence-electron chi connectivity index (χ0n) is 7.17. The molecule has 3 heteroatoms. The number of para-hydroxylation sites is 2. The first-order valence-electron chi connectivity index (χ1n) is 3.86. The fraction of sp³-hybridized carbons (Fsp3) is 0.333. The molecule has 12 heavy (non-hydrogen) atoms. The maximum Gasteiger partial charge on any atom is 0.145 e. The molecule has 0 fully saturated rings. The molecule has 66 valence electrons. The number of halogens is 1. The molecule has 1 N–H and O–H groups in total. The van der Waals surface area contributed by atoms with E-state index in [4.69, 9.17) is 4.74 Å². The second kappa shape index (κ2) is 3.95. The molecule has 0 saturated heterocycles. The highest BCUT2D eigenvalue weighted by atomic mass is 19.2. The van der Waals surface area contributed by atoms with Gasteiger partial charge in [0.05, 0.1) is 6.10 Å². The molecule has 0 radical (unpaired) electrons. The van der Waals surface area contributed by atoms with Crippen LogP contribution >= 0.6 is 0 Å². The minimum absolute atomic E-state index is 0.0551. The van der Waals surface area contributed by atoms with Crippen molar-refractivity contribution in [2.24, 2.45) is 0 Å². The topological polar surface area (TPSA) is 21.3 Å². The molecule has 0 atom stereocenters. The number of nitrogens with one attached hydrogen (secondary N) is 1. The van der Waals surface area contributed by atoms with E-state index in [1.807, 2.05) is 13.8 Å². The summed E-state index contributed by atoms with van der Waals surface area (Å²) < 4.78 is 17.4. The lowest BCUT2D eigenvalue weighted by molar-refractivity contribution is 0.243. The Morgan fingerprint density at radius 2 is 2.00 bits per heavy atom. The molecule has 0 spiro atoms. The standard InChI is InChI=1S/C9H12FNO/c1-7(2)12-9-6-4-3-5-8(9)11-10/h3-7,11H,1-2H3. The van der Waals surface area contributed by atoms with E-state index in [0.29, 0.717) is 11.4 Å². The maximum atomic E-state index is 12.1. The molecule has 1 aromatic rings. The largest absolute Gasteiger partial charge is 0.489 e. The Morgan fingerprint density at radius 1 is 1.33 bits per heavy atom. The summed E-state index contributed by atoms with van der Waals surface area (Å²) in [6.45, 7) is 3.80. The molecule has 0 saturated carbocycles. The highest BCUT2D eigenvalue weighted by Crippen LogP contribution is 2.24. The molecule has 0 heterocycles. The van der Waals surface area contributed by atoms with Gasteiger partial charge in [0.1, 0.15) is 11.4 Å². The van der Waals surface area contributed by atoms with Crippen molar-refractivity contribution in [3.8, 4) is 5.75 Å². The van der Waals surface area contributed by atoms with Gasteiger partial charge in [-0.25, -0.2) is 5.54 Å². The van der Waals surface area contributed by atoms with Gasteiger partial charge in [0.15, 0.2) is 0 Å². The van der Waals surface area contributed by atoms with Crippen LogP contribution in [0.15, 0.2) is 24.3 Å². The number of hydrogen-bond donors (Lipinski definition) is 1. The summed E-state index contributed by atoms with van der Waals surface area (Å²) in [7, 11) is 0. The number of rotatable bonds is 3. The van der Waals surface area contributed by atoms with Gasteiger partial charge >= 0.3 is 0 Å². The maximum absolute atomic E-state index is 12.1. The molecule has 2 nitrogen and oxygen atoms in total. The molecule has 0 aromatic heterocycles. The highest BCUT2D eigenvalue weighted by Gasteiger charge is 2.02. The number of ether oxygens (including phenoxy) is 1. The van der Waals surface area contributed by atoms with E-state index in [1.165, 1.54) is 0 Å². The van der Waals surface area contributed by atoms with Gasteiger partial charge in [-0.05, 0) is 26.0 Å². The van der Waals surface area contributed by atoms with Crippen LogP contribution in [0.5, 0.6) is 5.75 Å². The zero-order chi connectivity index (χ0) is 8.97. The van der Waals surface area contributed by atoms with E-state index in [9.17, 15) is 4.48 Å². The average Bonchev–Trinajstić information content (AvgIpc) is 2.04. The Morgan fingerprint density at radius 3 is 2.58 bits per heavy atom. The van der Waals surface area contributed by atoms with Crippen LogP contribution in [0.1, 0.15) is 13.8 Å². The van der Waals surface area contributed by atoms with Crippen LogP contribution in [0, 0.1) is 0 Å². The molecule has 1 aromatic carbocycles. The Bertz CT molecular complexity index is 250. The van der Waals surface area contributed by atoms with Crippen molar-refractivity contribution in [3.63, 3.8) is 0 Å². The first kappa shape index (κ1) is 8.84. The molecule has 0 aliphatic heterocycles. The van der Waals surface area contributed by atoms with Crippen LogP contribution in [0.2, 0.25) is 0 Å². The van der Waals surface area contributed by atoms with Crippen molar-refractivity contribution in [1.82, 2.24) is 0 Å². The highest BCUT2D eigenvalue weighted by molar-refractivity contribution is 5.54. The van der Waals surface area contributed by atoms with Crippen molar-refractivity contribution in [1.29, 1.82) is 0 Å². The molecule has 0 bridgehead atoms. The van der Waals surface area contributed by atoms with Crippen LogP contribution in [0.4, 0.5) is 10.2 Å². The zero-order valence-corrected chi connectivity index (χ0v) is 7.17. The van der Waals surface area contributed by atoms with Crippen molar-refractivity contribution < 1.29 is 9.22 Å². The van der Waals surface area contributed by atoms with Gasteiger partial charge in [0.2, 0.25) is 0 Å². The average molecular weight is 169 g/mol. The van der Waals surface area contributed by atoms with Crippen LogP contribution in [-0.2, 0) is 0 Å². The van der Waals surface area contributed by atoms with E-state index in [-0.39, 0.29) is 6.10 Å². The molecule has 0 aliphatic carbocycles. The van der Waals surface area contributed by atoms with E-state index < -0.39 is 0 Å². The van der Waals surface area contributed by atoms with Crippen LogP contribution in [0.25, 0.3) is 0 Å². The van der Waals surface area contributed by atoms with E-state index in [0.717, 1.165) is 0 Å². The lowest BCUT2D eigenvalue weighted by Crippen LogP contribution is -2.06. The van der Waals surface area contributed by atoms with Gasteiger partial charge in [-0.3, -0.25) is 0 Å². The van der Waals surface area contributed by atoms with Crippen molar-refractivity contribution in [2.45, 2.75) is 20.0 Å². The minimum Gasteiger partial charge on any atom is -0.489 e. The normalized spacial score (nSPS) is 10.0. The SMILES string of the molecule is CC(C)Oc1ccccc1NF. The van der Waals surface area contributed by atoms with Gasteiger partial charge in [-0.1, -0.05) is 12.1 Å². The number of benzene rings is 1. The summed E-state index contributed by atoms with van der Waals surface area (Å²) in [5, 5.41) is 0. The van der Waals surface area contributed by atoms with Crippen molar-refractivity contribution in [2.75, 3.05) is 5.54 Å². The van der Waals surface area contributed by atoms with E-state index in [2.05, 4.69) is 0 Å². The first-order chi connectivity index (χ1) is 5.74. The van der Waals surface area contributed by atoms with E-state index in [1.54, 1.807) is 29.8 Å². The number of hydrogen-bond acceptors (Lipinski definition) is 2.